The zero-order valence-electron chi connectivity index (χ0n) is 25.6. The van der Waals surface area contributed by atoms with Crippen LogP contribution in [0.25, 0.3) is 0 Å². The Hall–Kier alpha value is -3.72. The fourth-order valence-corrected chi connectivity index (χ4v) is 4.52. The van der Waals surface area contributed by atoms with Crippen LogP contribution >= 0.6 is 0 Å². The lowest BCUT2D eigenvalue weighted by molar-refractivity contribution is -0.148. The average molecular weight is 584 g/mol. The van der Waals surface area contributed by atoms with E-state index in [0.29, 0.717) is 48.2 Å². The molecule has 2 unspecified atom stereocenters. The predicted octanol–water partition coefficient (Wildman–Crippen LogP) is 6.22. The normalized spacial score (nSPS) is 12.3. The highest BCUT2D eigenvalue weighted by molar-refractivity contribution is 5.92. The lowest BCUT2D eigenvalue weighted by atomic mass is 9.98. The highest BCUT2D eigenvalue weighted by Crippen LogP contribution is 2.29. The van der Waals surface area contributed by atoms with Gasteiger partial charge in [0.15, 0.2) is 0 Å². The van der Waals surface area contributed by atoms with Crippen LogP contribution in [-0.2, 0) is 28.5 Å². The van der Waals surface area contributed by atoms with E-state index in [1.807, 2.05) is 24.1 Å². The first-order chi connectivity index (χ1) is 20.2. The molecule has 0 bridgehead atoms. The number of likely N-dealkylation sites (N-methyl/N-ethyl adjacent to an activating group) is 1. The molecule has 9 heteroatoms. The van der Waals surface area contributed by atoms with Crippen molar-refractivity contribution in [2.45, 2.75) is 78.4 Å². The second-order valence-corrected chi connectivity index (χ2v) is 10.2. The topological polar surface area (TPSA) is 108 Å². The van der Waals surface area contributed by atoms with Gasteiger partial charge in [-0.25, -0.2) is 9.59 Å². The summed E-state index contributed by atoms with van der Waals surface area (Å²) in [5.41, 5.74) is 2.02. The lowest BCUT2D eigenvalue weighted by Crippen LogP contribution is -2.29. The quantitative estimate of drug-likeness (QED) is 0.149. The van der Waals surface area contributed by atoms with Crippen LogP contribution in [-0.4, -0.2) is 62.1 Å². The molecule has 0 amide bonds. The summed E-state index contributed by atoms with van der Waals surface area (Å²) in [7, 11) is 1.84. The summed E-state index contributed by atoms with van der Waals surface area (Å²) in [6, 6.07) is 14.1. The Balaban J connectivity index is 1.90. The van der Waals surface area contributed by atoms with E-state index in [4.69, 9.17) is 18.9 Å². The van der Waals surface area contributed by atoms with Crippen molar-refractivity contribution in [1.82, 2.24) is 4.90 Å². The Morgan fingerprint density at radius 1 is 0.667 bits per heavy atom. The van der Waals surface area contributed by atoms with Crippen molar-refractivity contribution in [1.29, 1.82) is 0 Å². The van der Waals surface area contributed by atoms with Gasteiger partial charge >= 0.3 is 23.9 Å². The van der Waals surface area contributed by atoms with Crippen LogP contribution in [0, 0.1) is 0 Å². The number of hydrogen-bond acceptors (Lipinski definition) is 9. The zero-order chi connectivity index (χ0) is 30.9. The zero-order valence-corrected chi connectivity index (χ0v) is 25.6. The summed E-state index contributed by atoms with van der Waals surface area (Å²) < 4.78 is 22.1. The Kier molecular flexibility index (Phi) is 15.3. The number of hydrogen-bond donors (Lipinski definition) is 0. The van der Waals surface area contributed by atoms with E-state index < -0.39 is 36.1 Å². The number of esters is 4. The lowest BCUT2D eigenvalue weighted by Gasteiger charge is -2.21. The molecule has 2 atom stereocenters. The predicted molar refractivity (Wildman–Crippen MR) is 159 cm³/mol. The summed E-state index contributed by atoms with van der Waals surface area (Å²) in [6.45, 7) is 7.95. The van der Waals surface area contributed by atoms with Crippen molar-refractivity contribution in [3.8, 4) is 0 Å². The third-order valence-corrected chi connectivity index (χ3v) is 6.72. The molecule has 0 aliphatic carbocycles. The summed E-state index contributed by atoms with van der Waals surface area (Å²) in [6.07, 6.45) is 3.81. The van der Waals surface area contributed by atoms with Crippen LogP contribution in [0.5, 0.6) is 0 Å². The maximum absolute atomic E-state index is 12.9. The van der Waals surface area contributed by atoms with Crippen molar-refractivity contribution in [3.63, 3.8) is 0 Å². The second-order valence-electron chi connectivity index (χ2n) is 10.2. The molecule has 0 aliphatic heterocycles. The fourth-order valence-electron chi connectivity index (χ4n) is 4.52. The smallest absolute Gasteiger partial charge is 0.338 e. The first kappa shape index (κ1) is 34.5. The number of benzene rings is 2. The van der Waals surface area contributed by atoms with E-state index in [9.17, 15) is 19.2 Å². The minimum Gasteiger partial charge on any atom is -0.461 e. The molecule has 0 fully saturated rings. The standard InChI is InChI=1S/C33H45NO8/c1-6-8-18-30(41-24(3)35)26-14-10-12-16-28(26)32(37)39-22-20-34(5)21-23-40-33(38)29-17-13-11-15-27(29)31(19-9-7-2)42-25(4)36/h10-17,30-31H,6-9,18-23H2,1-5H3. The SMILES string of the molecule is CCCCC(OC(C)=O)c1ccccc1C(=O)OCCN(C)CCOC(=O)c1ccccc1C(CCCC)OC(C)=O. The maximum Gasteiger partial charge on any atom is 0.338 e. The van der Waals surface area contributed by atoms with Gasteiger partial charge in [0.25, 0.3) is 0 Å². The van der Waals surface area contributed by atoms with Crippen LogP contribution in [0.1, 0.15) is 110 Å². The van der Waals surface area contributed by atoms with Gasteiger partial charge in [0.05, 0.1) is 11.1 Å². The van der Waals surface area contributed by atoms with Gasteiger partial charge in [-0.15, -0.1) is 0 Å². The highest BCUT2D eigenvalue weighted by Gasteiger charge is 2.23. The number of rotatable bonds is 18. The van der Waals surface area contributed by atoms with E-state index in [-0.39, 0.29) is 13.2 Å². The molecule has 42 heavy (non-hydrogen) atoms. The molecule has 0 heterocycles. The molecular weight excluding hydrogens is 538 g/mol. The number of unbranched alkanes of at least 4 members (excludes halogenated alkanes) is 2. The Bertz CT molecular complexity index is 1070. The Morgan fingerprint density at radius 2 is 1.05 bits per heavy atom. The van der Waals surface area contributed by atoms with Gasteiger partial charge in [0.2, 0.25) is 0 Å². The number of carbonyl (C=O) groups excluding carboxylic acids is 4. The highest BCUT2D eigenvalue weighted by atomic mass is 16.6. The summed E-state index contributed by atoms with van der Waals surface area (Å²) >= 11 is 0. The van der Waals surface area contributed by atoms with Gasteiger partial charge in [0.1, 0.15) is 25.4 Å². The molecule has 0 aromatic heterocycles. The number of ether oxygens (including phenoxy) is 4. The molecule has 0 saturated carbocycles. The fraction of sp³-hybridized carbons (Fsp3) is 0.515. The first-order valence-corrected chi connectivity index (χ1v) is 14.7. The summed E-state index contributed by atoms with van der Waals surface area (Å²) in [5.74, 6) is -1.77. The van der Waals surface area contributed by atoms with E-state index in [1.165, 1.54) is 13.8 Å². The molecule has 230 valence electrons. The first-order valence-electron chi connectivity index (χ1n) is 14.7. The minimum absolute atomic E-state index is 0.134. The van der Waals surface area contributed by atoms with E-state index in [2.05, 4.69) is 13.8 Å². The van der Waals surface area contributed by atoms with Crippen molar-refractivity contribution < 1.29 is 38.1 Å². The van der Waals surface area contributed by atoms with Crippen molar-refractivity contribution in [2.24, 2.45) is 0 Å². The molecule has 0 N–H and O–H groups in total. The van der Waals surface area contributed by atoms with Gasteiger partial charge < -0.3 is 18.9 Å². The second kappa shape index (κ2) is 18.7. The monoisotopic (exact) mass is 583 g/mol. The van der Waals surface area contributed by atoms with Gasteiger partial charge in [0, 0.05) is 38.1 Å². The molecule has 0 saturated heterocycles. The van der Waals surface area contributed by atoms with Crippen LogP contribution in [0.2, 0.25) is 0 Å². The van der Waals surface area contributed by atoms with E-state index >= 15 is 0 Å². The molecule has 2 aromatic carbocycles. The van der Waals surface area contributed by atoms with E-state index in [0.717, 1.165) is 25.7 Å². The molecule has 0 radical (unpaired) electrons. The molecule has 0 aliphatic rings. The minimum atomic E-state index is -0.510. The molecule has 2 rings (SSSR count). The van der Waals surface area contributed by atoms with Gasteiger partial charge in [-0.05, 0) is 44.9 Å². The third-order valence-electron chi connectivity index (χ3n) is 6.72. The molecule has 9 nitrogen and oxygen atoms in total. The van der Waals surface area contributed by atoms with Gasteiger partial charge in [-0.1, -0.05) is 63.1 Å². The van der Waals surface area contributed by atoms with Crippen LogP contribution < -0.4 is 0 Å². The summed E-state index contributed by atoms with van der Waals surface area (Å²) in [5, 5.41) is 0. The van der Waals surface area contributed by atoms with Gasteiger partial charge in [-0.3, -0.25) is 14.5 Å². The molecule has 0 spiro atoms. The van der Waals surface area contributed by atoms with Crippen LogP contribution in [0.15, 0.2) is 48.5 Å². The Labute approximate surface area is 249 Å². The Morgan fingerprint density at radius 3 is 1.40 bits per heavy atom. The number of carbonyl (C=O) groups is 4. The summed E-state index contributed by atoms with van der Waals surface area (Å²) in [4.78, 5) is 51.0. The number of nitrogens with zero attached hydrogens (tertiary/aromatic N) is 1. The van der Waals surface area contributed by atoms with Crippen LogP contribution in [0.4, 0.5) is 0 Å². The van der Waals surface area contributed by atoms with Crippen LogP contribution in [0.3, 0.4) is 0 Å². The largest absolute Gasteiger partial charge is 0.461 e. The van der Waals surface area contributed by atoms with Crippen molar-refractivity contribution >= 4 is 23.9 Å². The van der Waals surface area contributed by atoms with Crippen molar-refractivity contribution in [2.75, 3.05) is 33.4 Å². The van der Waals surface area contributed by atoms with Crippen molar-refractivity contribution in [3.05, 3.63) is 70.8 Å². The molecule has 2 aromatic rings. The van der Waals surface area contributed by atoms with E-state index in [1.54, 1.807) is 36.4 Å². The van der Waals surface area contributed by atoms with Gasteiger partial charge in [-0.2, -0.15) is 0 Å². The maximum atomic E-state index is 12.9. The molecular formula is C33H45NO8. The average Bonchev–Trinajstić information content (AvgIpc) is 2.97. The third kappa shape index (κ3) is 11.6.